The van der Waals surface area contributed by atoms with Crippen molar-refractivity contribution in [3.63, 3.8) is 0 Å². The number of carbonyl (C=O) groups is 2. The SMILES string of the molecule is COc1ccc(C(=O)N(CC(=O)N2CCC(Oc3ccncc3)CC2)c2csc(N)n2)cc1.Cl.Cl. The largest absolute Gasteiger partial charge is 0.497 e. The number of halogens is 2. The molecule has 9 nitrogen and oxygen atoms in total. The average Bonchev–Trinajstić information content (AvgIpc) is 3.29. The lowest BCUT2D eigenvalue weighted by Crippen LogP contribution is -2.47. The van der Waals surface area contributed by atoms with Gasteiger partial charge in [0.25, 0.3) is 5.91 Å². The lowest BCUT2D eigenvalue weighted by Gasteiger charge is -2.33. The molecule has 0 radical (unpaired) electrons. The van der Waals surface area contributed by atoms with E-state index in [4.69, 9.17) is 15.2 Å². The second kappa shape index (κ2) is 13.1. The van der Waals surface area contributed by atoms with E-state index < -0.39 is 0 Å². The number of amides is 2. The molecule has 3 aromatic rings. The first-order valence-corrected chi connectivity index (χ1v) is 11.4. The molecule has 0 spiro atoms. The summed E-state index contributed by atoms with van der Waals surface area (Å²) in [7, 11) is 1.56. The molecular weight excluding hydrogens is 513 g/mol. The first kappa shape index (κ1) is 28.2. The van der Waals surface area contributed by atoms with Crippen molar-refractivity contribution in [3.05, 3.63) is 59.7 Å². The van der Waals surface area contributed by atoms with Crippen LogP contribution in [-0.4, -0.2) is 59.5 Å². The van der Waals surface area contributed by atoms with Gasteiger partial charge in [-0.2, -0.15) is 0 Å². The highest BCUT2D eigenvalue weighted by molar-refractivity contribution is 7.13. The van der Waals surface area contributed by atoms with Crippen LogP contribution in [0.25, 0.3) is 0 Å². The van der Waals surface area contributed by atoms with Crippen LogP contribution in [0, 0.1) is 0 Å². The third-order valence-corrected chi connectivity index (χ3v) is 6.07. The van der Waals surface area contributed by atoms with Crippen molar-refractivity contribution in [2.24, 2.45) is 0 Å². The Bertz CT molecular complexity index is 1090. The van der Waals surface area contributed by atoms with Crippen molar-refractivity contribution in [3.8, 4) is 11.5 Å². The summed E-state index contributed by atoms with van der Waals surface area (Å²) in [5.41, 5.74) is 6.22. The molecule has 1 aliphatic rings. The summed E-state index contributed by atoms with van der Waals surface area (Å²) in [6.07, 6.45) is 4.84. The molecule has 188 valence electrons. The first-order valence-electron chi connectivity index (χ1n) is 10.5. The van der Waals surface area contributed by atoms with Crippen LogP contribution in [-0.2, 0) is 4.79 Å². The number of hydrogen-bond donors (Lipinski definition) is 1. The number of ether oxygens (including phenoxy) is 2. The van der Waals surface area contributed by atoms with Crippen LogP contribution < -0.4 is 20.1 Å². The molecule has 0 saturated carbocycles. The summed E-state index contributed by atoms with van der Waals surface area (Å²) in [5, 5.41) is 2.01. The highest BCUT2D eigenvalue weighted by atomic mass is 35.5. The molecule has 1 aliphatic heterocycles. The van der Waals surface area contributed by atoms with Gasteiger partial charge in [0.05, 0.1) is 7.11 Å². The van der Waals surface area contributed by atoms with Crippen LogP contribution >= 0.6 is 36.2 Å². The molecule has 12 heteroatoms. The van der Waals surface area contributed by atoms with Crippen LogP contribution in [0.15, 0.2) is 54.2 Å². The Hall–Kier alpha value is -3.08. The Morgan fingerprint density at radius 2 is 1.74 bits per heavy atom. The molecule has 35 heavy (non-hydrogen) atoms. The van der Waals surface area contributed by atoms with E-state index in [1.807, 2.05) is 12.1 Å². The molecule has 1 fully saturated rings. The molecule has 4 rings (SSSR count). The van der Waals surface area contributed by atoms with Gasteiger partial charge in [-0.3, -0.25) is 19.5 Å². The first-order chi connectivity index (χ1) is 16.0. The molecule has 2 aromatic heterocycles. The Labute approximate surface area is 220 Å². The summed E-state index contributed by atoms with van der Waals surface area (Å²) in [4.78, 5) is 37.7. The standard InChI is InChI=1S/C23H25N5O4S.2ClH/c1-31-17-4-2-16(3-5-17)22(30)28(20-15-33-23(24)26-20)14-21(29)27-12-8-19(9-13-27)32-18-6-10-25-11-7-18;;/h2-7,10-11,15,19H,8-9,12-14H2,1H3,(H2,24,26);2*1H. The van der Waals surface area contributed by atoms with E-state index in [-0.39, 0.29) is 49.3 Å². The highest BCUT2D eigenvalue weighted by Crippen LogP contribution is 2.24. The number of aromatic nitrogens is 2. The van der Waals surface area contributed by atoms with Gasteiger partial charge >= 0.3 is 0 Å². The van der Waals surface area contributed by atoms with Crippen molar-refractivity contribution in [2.75, 3.05) is 37.4 Å². The molecule has 1 saturated heterocycles. The van der Waals surface area contributed by atoms with Gasteiger partial charge in [0.1, 0.15) is 30.0 Å². The highest BCUT2D eigenvalue weighted by Gasteiger charge is 2.28. The number of nitrogens with two attached hydrogens (primary N) is 1. The predicted octanol–water partition coefficient (Wildman–Crippen LogP) is 3.69. The minimum atomic E-state index is -0.327. The second-order valence-electron chi connectivity index (χ2n) is 7.54. The van der Waals surface area contributed by atoms with Crippen LogP contribution in [0.5, 0.6) is 11.5 Å². The molecule has 0 atom stereocenters. The summed E-state index contributed by atoms with van der Waals surface area (Å²) >= 11 is 1.22. The van der Waals surface area contributed by atoms with E-state index in [2.05, 4.69) is 9.97 Å². The molecule has 2 amide bonds. The second-order valence-corrected chi connectivity index (χ2v) is 8.43. The van der Waals surface area contributed by atoms with Crippen LogP contribution in [0.4, 0.5) is 10.9 Å². The number of methoxy groups -OCH3 is 1. The Kier molecular flexibility index (Phi) is 10.6. The van der Waals surface area contributed by atoms with Gasteiger partial charge in [0, 0.05) is 49.3 Å². The lowest BCUT2D eigenvalue weighted by atomic mass is 10.1. The summed E-state index contributed by atoms with van der Waals surface area (Å²) < 4.78 is 11.1. The topological polar surface area (TPSA) is 111 Å². The molecule has 0 unspecified atom stereocenters. The van der Waals surface area contributed by atoms with Crippen molar-refractivity contribution < 1.29 is 19.1 Å². The van der Waals surface area contributed by atoms with Gasteiger partial charge in [-0.05, 0) is 36.4 Å². The van der Waals surface area contributed by atoms with E-state index in [0.29, 0.717) is 48.2 Å². The fourth-order valence-electron chi connectivity index (χ4n) is 3.62. The fraction of sp³-hybridized carbons (Fsp3) is 0.304. The van der Waals surface area contributed by atoms with Gasteiger partial charge in [-0.1, -0.05) is 0 Å². The summed E-state index contributed by atoms with van der Waals surface area (Å²) in [6, 6.07) is 10.4. The quantitative estimate of drug-likeness (QED) is 0.487. The van der Waals surface area contributed by atoms with E-state index in [9.17, 15) is 9.59 Å². The molecule has 0 bridgehead atoms. The number of nitrogen functional groups attached to an aromatic ring is 1. The Balaban J connectivity index is 0.00000216. The smallest absolute Gasteiger partial charge is 0.259 e. The fourth-order valence-corrected chi connectivity index (χ4v) is 4.17. The summed E-state index contributed by atoms with van der Waals surface area (Å²) in [6.45, 7) is 0.987. The maximum Gasteiger partial charge on any atom is 0.259 e. The number of anilines is 2. The minimum absolute atomic E-state index is 0. The maximum absolute atomic E-state index is 13.2. The number of thiazole rings is 1. The van der Waals surface area contributed by atoms with Gasteiger partial charge in [0.2, 0.25) is 5.91 Å². The maximum atomic E-state index is 13.2. The monoisotopic (exact) mass is 539 g/mol. The third kappa shape index (κ3) is 7.20. The number of rotatable bonds is 7. The molecule has 0 aliphatic carbocycles. The van der Waals surface area contributed by atoms with Crippen molar-refractivity contribution in [1.82, 2.24) is 14.9 Å². The number of pyridine rings is 1. The predicted molar refractivity (Wildman–Crippen MR) is 140 cm³/mol. The number of carbonyl (C=O) groups excluding carboxylic acids is 2. The van der Waals surface area contributed by atoms with Gasteiger partial charge in [-0.15, -0.1) is 36.2 Å². The van der Waals surface area contributed by atoms with Crippen molar-refractivity contribution >= 4 is 58.9 Å². The Morgan fingerprint density at radius 1 is 1.09 bits per heavy atom. The van der Waals surface area contributed by atoms with Crippen LogP contribution in [0.2, 0.25) is 0 Å². The van der Waals surface area contributed by atoms with Crippen molar-refractivity contribution in [2.45, 2.75) is 18.9 Å². The van der Waals surface area contributed by atoms with E-state index in [0.717, 1.165) is 5.75 Å². The summed E-state index contributed by atoms with van der Waals surface area (Å²) in [5.74, 6) is 1.30. The number of nitrogens with zero attached hydrogens (tertiary/aromatic N) is 4. The van der Waals surface area contributed by atoms with E-state index >= 15 is 0 Å². The van der Waals surface area contributed by atoms with Gasteiger partial charge in [0.15, 0.2) is 5.13 Å². The molecule has 3 heterocycles. The van der Waals surface area contributed by atoms with Crippen LogP contribution in [0.3, 0.4) is 0 Å². The third-order valence-electron chi connectivity index (χ3n) is 5.41. The zero-order chi connectivity index (χ0) is 23.2. The Morgan fingerprint density at radius 3 is 2.31 bits per heavy atom. The average molecular weight is 540 g/mol. The van der Waals surface area contributed by atoms with Gasteiger partial charge < -0.3 is 20.1 Å². The number of piperidine rings is 1. The number of benzene rings is 1. The zero-order valence-electron chi connectivity index (χ0n) is 19.0. The molecule has 1 aromatic carbocycles. The minimum Gasteiger partial charge on any atom is -0.497 e. The van der Waals surface area contributed by atoms with Crippen LogP contribution in [0.1, 0.15) is 23.2 Å². The van der Waals surface area contributed by atoms with E-state index in [1.54, 1.807) is 54.0 Å². The zero-order valence-corrected chi connectivity index (χ0v) is 21.5. The molecule has 2 N–H and O–H groups in total. The lowest BCUT2D eigenvalue weighted by molar-refractivity contribution is -0.131. The number of likely N-dealkylation sites (tertiary alicyclic amines) is 1. The van der Waals surface area contributed by atoms with Gasteiger partial charge in [-0.25, -0.2) is 4.98 Å². The molecular formula is C23H27Cl2N5O4S. The normalized spacial score (nSPS) is 13.2. The van der Waals surface area contributed by atoms with Crippen molar-refractivity contribution in [1.29, 1.82) is 0 Å². The number of hydrogen-bond acceptors (Lipinski definition) is 8. The van der Waals surface area contributed by atoms with E-state index in [1.165, 1.54) is 16.2 Å².